The minimum Gasteiger partial charge on any atom is -0.480 e. The van der Waals surface area contributed by atoms with E-state index in [1.807, 2.05) is 0 Å². The van der Waals surface area contributed by atoms with Crippen molar-refractivity contribution < 1.29 is 23.1 Å². The normalized spacial score (nSPS) is 12.8. The van der Waals surface area contributed by atoms with Gasteiger partial charge in [-0.3, -0.25) is 4.79 Å². The first kappa shape index (κ1) is 12.5. The maximum Gasteiger partial charge on any atom is 0.320 e. The third-order valence-corrected chi connectivity index (χ3v) is 2.12. The maximum atomic E-state index is 13.1. The van der Waals surface area contributed by atoms with Crippen LogP contribution in [0.2, 0.25) is 0 Å². The molecule has 3 N–H and O–H groups in total. The van der Waals surface area contributed by atoms with E-state index < -0.39 is 29.8 Å². The summed E-state index contributed by atoms with van der Waals surface area (Å²) in [5.41, 5.74) is 4.34. The molecule has 0 saturated carbocycles. The Morgan fingerprint density at radius 1 is 1.44 bits per heavy atom. The molecule has 1 atom stereocenters. The third kappa shape index (κ3) is 2.73. The van der Waals surface area contributed by atoms with Crippen molar-refractivity contribution in [1.29, 1.82) is 0 Å². The third-order valence-electron chi connectivity index (χ3n) is 2.12. The van der Waals surface area contributed by atoms with Gasteiger partial charge in [0.05, 0.1) is 5.56 Å². The van der Waals surface area contributed by atoms with Crippen molar-refractivity contribution in [3.05, 3.63) is 35.1 Å². The molecule has 0 spiro atoms. The quantitative estimate of drug-likeness (QED) is 0.832. The molecule has 1 aromatic carbocycles. The molecule has 0 fully saturated rings. The Kier molecular flexibility index (Phi) is 3.89. The van der Waals surface area contributed by atoms with Crippen LogP contribution in [0.15, 0.2) is 18.2 Å². The number of alkyl halides is 2. The minimum absolute atomic E-state index is 0.0788. The summed E-state index contributed by atoms with van der Waals surface area (Å²) in [5, 5.41) is 8.54. The van der Waals surface area contributed by atoms with Crippen LogP contribution >= 0.6 is 0 Å². The van der Waals surface area contributed by atoms with E-state index in [1.54, 1.807) is 0 Å². The zero-order valence-corrected chi connectivity index (χ0v) is 8.16. The molecule has 0 heterocycles. The van der Waals surface area contributed by atoms with Crippen molar-refractivity contribution in [1.82, 2.24) is 0 Å². The molecule has 16 heavy (non-hydrogen) atoms. The summed E-state index contributed by atoms with van der Waals surface area (Å²) in [4.78, 5) is 10.5. The zero-order chi connectivity index (χ0) is 12.3. The number of benzene rings is 1. The van der Waals surface area contributed by atoms with Crippen LogP contribution in [0.3, 0.4) is 0 Å². The summed E-state index contributed by atoms with van der Waals surface area (Å²) in [7, 11) is 0. The fourth-order valence-electron chi connectivity index (χ4n) is 1.33. The van der Waals surface area contributed by atoms with E-state index in [-0.39, 0.29) is 12.0 Å². The molecule has 1 aromatic rings. The van der Waals surface area contributed by atoms with Crippen molar-refractivity contribution in [3.8, 4) is 0 Å². The van der Waals surface area contributed by atoms with Gasteiger partial charge in [-0.2, -0.15) is 0 Å². The Bertz CT molecular complexity index is 396. The molecule has 6 heteroatoms. The Morgan fingerprint density at radius 2 is 2.06 bits per heavy atom. The zero-order valence-electron chi connectivity index (χ0n) is 8.16. The van der Waals surface area contributed by atoms with Gasteiger partial charge in [0.15, 0.2) is 0 Å². The van der Waals surface area contributed by atoms with Crippen LogP contribution in [0.25, 0.3) is 0 Å². The van der Waals surface area contributed by atoms with E-state index >= 15 is 0 Å². The number of carboxylic acid groups (broad SMARTS) is 1. The van der Waals surface area contributed by atoms with Crippen molar-refractivity contribution in [2.24, 2.45) is 5.73 Å². The number of aliphatic carboxylic acids is 1. The van der Waals surface area contributed by atoms with Crippen LogP contribution in [0, 0.1) is 5.82 Å². The summed E-state index contributed by atoms with van der Waals surface area (Å²) in [5.74, 6) is -2.37. The van der Waals surface area contributed by atoms with Gasteiger partial charge >= 0.3 is 5.97 Å². The Morgan fingerprint density at radius 3 is 2.56 bits per heavy atom. The van der Waals surface area contributed by atoms with E-state index in [4.69, 9.17) is 10.8 Å². The standard InChI is InChI=1S/C10H10F3NO2/c11-6-3-1-2-5(8(6)9(12)13)4-7(14)10(15)16/h1-3,7,9H,4,14H2,(H,15,16). The number of hydrogen-bond acceptors (Lipinski definition) is 2. The molecule has 0 bridgehead atoms. The van der Waals surface area contributed by atoms with E-state index in [9.17, 15) is 18.0 Å². The molecule has 0 aliphatic rings. The fraction of sp³-hybridized carbons (Fsp3) is 0.300. The molecule has 0 aliphatic carbocycles. The van der Waals surface area contributed by atoms with Crippen molar-refractivity contribution >= 4 is 5.97 Å². The predicted molar refractivity (Wildman–Crippen MR) is 50.7 cm³/mol. The number of carbonyl (C=O) groups is 1. The van der Waals surface area contributed by atoms with Crippen LogP contribution in [-0.4, -0.2) is 17.1 Å². The number of carboxylic acids is 1. The van der Waals surface area contributed by atoms with Crippen LogP contribution in [-0.2, 0) is 11.2 Å². The molecule has 1 unspecified atom stereocenters. The maximum absolute atomic E-state index is 13.1. The highest BCUT2D eigenvalue weighted by Crippen LogP contribution is 2.26. The topological polar surface area (TPSA) is 63.3 Å². The Balaban J connectivity index is 3.04. The number of hydrogen-bond donors (Lipinski definition) is 2. The second kappa shape index (κ2) is 4.98. The molecule has 0 saturated heterocycles. The van der Waals surface area contributed by atoms with Gasteiger partial charge in [0, 0.05) is 0 Å². The molecule has 0 aliphatic heterocycles. The van der Waals surface area contributed by atoms with E-state index in [2.05, 4.69) is 0 Å². The average molecular weight is 233 g/mol. The van der Waals surface area contributed by atoms with Crippen molar-refractivity contribution in [3.63, 3.8) is 0 Å². The lowest BCUT2D eigenvalue weighted by Gasteiger charge is -2.11. The highest BCUT2D eigenvalue weighted by atomic mass is 19.3. The fourth-order valence-corrected chi connectivity index (χ4v) is 1.33. The summed E-state index contributed by atoms with van der Waals surface area (Å²) in [6.45, 7) is 0. The number of halogens is 3. The van der Waals surface area contributed by atoms with E-state index in [0.717, 1.165) is 6.07 Å². The molecule has 3 nitrogen and oxygen atoms in total. The van der Waals surface area contributed by atoms with E-state index in [0.29, 0.717) is 0 Å². The first-order valence-electron chi connectivity index (χ1n) is 4.47. The van der Waals surface area contributed by atoms with Gasteiger partial charge in [0.1, 0.15) is 11.9 Å². The van der Waals surface area contributed by atoms with Crippen molar-refractivity contribution in [2.45, 2.75) is 18.9 Å². The molecule has 0 aromatic heterocycles. The lowest BCUT2D eigenvalue weighted by atomic mass is 10.0. The Hall–Kier alpha value is -1.56. The smallest absolute Gasteiger partial charge is 0.320 e. The molecular weight excluding hydrogens is 223 g/mol. The second-order valence-corrected chi connectivity index (χ2v) is 3.26. The predicted octanol–water partition coefficient (Wildman–Crippen LogP) is 1.72. The first-order valence-corrected chi connectivity index (χ1v) is 4.47. The van der Waals surface area contributed by atoms with Crippen LogP contribution in [0.1, 0.15) is 17.6 Å². The van der Waals surface area contributed by atoms with Gasteiger partial charge in [-0.15, -0.1) is 0 Å². The molecule has 1 rings (SSSR count). The van der Waals surface area contributed by atoms with Gasteiger partial charge in [-0.05, 0) is 18.1 Å². The average Bonchev–Trinajstić information content (AvgIpc) is 2.16. The summed E-state index contributed by atoms with van der Waals surface area (Å²) in [6, 6.07) is 2.06. The number of rotatable bonds is 4. The van der Waals surface area contributed by atoms with Crippen LogP contribution < -0.4 is 5.73 Å². The summed E-state index contributed by atoms with van der Waals surface area (Å²) < 4.78 is 38.1. The summed E-state index contributed by atoms with van der Waals surface area (Å²) >= 11 is 0. The van der Waals surface area contributed by atoms with Crippen molar-refractivity contribution in [2.75, 3.05) is 0 Å². The minimum atomic E-state index is -2.99. The SMILES string of the molecule is NC(Cc1cccc(F)c1C(F)F)C(=O)O. The number of nitrogens with two attached hydrogens (primary N) is 1. The molecular formula is C10H10F3NO2. The second-order valence-electron chi connectivity index (χ2n) is 3.26. The monoisotopic (exact) mass is 233 g/mol. The van der Waals surface area contributed by atoms with Gasteiger partial charge in [0.25, 0.3) is 6.43 Å². The van der Waals surface area contributed by atoms with Gasteiger partial charge in [-0.25, -0.2) is 13.2 Å². The lowest BCUT2D eigenvalue weighted by Crippen LogP contribution is -2.32. The molecule has 88 valence electrons. The van der Waals surface area contributed by atoms with Gasteiger partial charge < -0.3 is 10.8 Å². The highest BCUT2D eigenvalue weighted by Gasteiger charge is 2.21. The Labute approximate surface area is 89.7 Å². The lowest BCUT2D eigenvalue weighted by molar-refractivity contribution is -0.138. The molecule has 0 radical (unpaired) electrons. The summed E-state index contributed by atoms with van der Waals surface area (Å²) in [6.07, 6.45) is -3.32. The highest BCUT2D eigenvalue weighted by molar-refractivity contribution is 5.73. The largest absolute Gasteiger partial charge is 0.480 e. The molecule has 0 amide bonds. The van der Waals surface area contributed by atoms with Crippen LogP contribution in [0.5, 0.6) is 0 Å². The van der Waals surface area contributed by atoms with Crippen LogP contribution in [0.4, 0.5) is 13.2 Å². The van der Waals surface area contributed by atoms with Gasteiger partial charge in [0.2, 0.25) is 0 Å². The first-order chi connectivity index (χ1) is 7.43. The van der Waals surface area contributed by atoms with Gasteiger partial charge in [-0.1, -0.05) is 12.1 Å². The van der Waals surface area contributed by atoms with E-state index in [1.165, 1.54) is 12.1 Å².